The van der Waals surface area contributed by atoms with Crippen LogP contribution >= 0.6 is 0 Å². The molecule has 0 spiro atoms. The minimum Gasteiger partial charge on any atom is -0.507 e. The van der Waals surface area contributed by atoms with E-state index in [2.05, 4.69) is 10.9 Å². The second-order valence-corrected chi connectivity index (χ2v) is 4.32. The predicted octanol–water partition coefficient (Wildman–Crippen LogP) is 1.43. The van der Waals surface area contributed by atoms with Crippen molar-refractivity contribution in [2.24, 2.45) is 5.92 Å². The van der Waals surface area contributed by atoms with Gasteiger partial charge in [-0.2, -0.15) is 0 Å². The first kappa shape index (κ1) is 11.7. The van der Waals surface area contributed by atoms with Crippen molar-refractivity contribution in [3.63, 3.8) is 0 Å². The third-order valence-electron chi connectivity index (χ3n) is 2.92. The first-order valence-electron chi connectivity index (χ1n) is 5.67. The molecule has 1 amide bonds. The number of phenols is 1. The summed E-state index contributed by atoms with van der Waals surface area (Å²) in [6.07, 6.45) is 4.34. The van der Waals surface area contributed by atoms with E-state index in [1.807, 2.05) is 31.2 Å². The fraction of sp³-hybridized carbons (Fsp3) is 0.308. The average Bonchev–Trinajstić information content (AvgIpc) is 2.30. The molecule has 2 atom stereocenters. The monoisotopic (exact) mass is 232 g/mol. The molecular formula is C13H16N2O2. The van der Waals surface area contributed by atoms with E-state index in [-0.39, 0.29) is 23.6 Å². The van der Waals surface area contributed by atoms with Gasteiger partial charge in [0.15, 0.2) is 0 Å². The Hall–Kier alpha value is -1.81. The zero-order chi connectivity index (χ0) is 12.3. The first-order valence-corrected chi connectivity index (χ1v) is 5.67. The summed E-state index contributed by atoms with van der Waals surface area (Å²) in [5, 5.41) is 9.61. The molecule has 2 rings (SSSR count). The van der Waals surface area contributed by atoms with Crippen LogP contribution in [-0.4, -0.2) is 17.1 Å². The zero-order valence-corrected chi connectivity index (χ0v) is 9.68. The molecule has 0 radical (unpaired) electrons. The Morgan fingerprint density at radius 3 is 2.88 bits per heavy atom. The highest BCUT2D eigenvalue weighted by molar-refractivity contribution is 5.76. The maximum atomic E-state index is 11.1. The Labute approximate surface area is 100 Å². The lowest BCUT2D eigenvalue weighted by atomic mass is 9.96. The largest absolute Gasteiger partial charge is 0.507 e. The Balaban J connectivity index is 2.06. The van der Waals surface area contributed by atoms with Gasteiger partial charge < -0.3 is 5.11 Å². The summed E-state index contributed by atoms with van der Waals surface area (Å²) >= 11 is 0. The highest BCUT2D eigenvalue weighted by Gasteiger charge is 2.22. The third-order valence-corrected chi connectivity index (χ3v) is 2.92. The molecule has 1 aliphatic heterocycles. The fourth-order valence-electron chi connectivity index (χ4n) is 1.85. The van der Waals surface area contributed by atoms with Crippen LogP contribution in [0.1, 0.15) is 18.9 Å². The number of phenolic OH excluding ortho intramolecular Hbond substituents is 1. The molecule has 2 unspecified atom stereocenters. The second kappa shape index (κ2) is 5.01. The smallest absolute Gasteiger partial charge is 0.234 e. The maximum absolute atomic E-state index is 11.1. The Kier molecular flexibility index (Phi) is 3.44. The van der Waals surface area contributed by atoms with Gasteiger partial charge in [-0.3, -0.25) is 10.2 Å². The topological polar surface area (TPSA) is 61.4 Å². The van der Waals surface area contributed by atoms with Crippen molar-refractivity contribution in [1.82, 2.24) is 10.9 Å². The number of para-hydroxylation sites is 1. The van der Waals surface area contributed by atoms with Gasteiger partial charge in [-0.15, -0.1) is 0 Å². The number of rotatable bonds is 2. The summed E-state index contributed by atoms with van der Waals surface area (Å²) in [5.41, 5.74) is 6.33. The summed E-state index contributed by atoms with van der Waals surface area (Å²) in [6, 6.07) is 7.25. The van der Waals surface area contributed by atoms with Gasteiger partial charge in [-0.25, -0.2) is 5.43 Å². The number of benzene rings is 1. The third kappa shape index (κ3) is 2.85. The van der Waals surface area contributed by atoms with Crippen LogP contribution < -0.4 is 10.9 Å². The van der Waals surface area contributed by atoms with Gasteiger partial charge in [0.1, 0.15) is 5.75 Å². The number of carbonyl (C=O) groups is 1. The molecular weight excluding hydrogens is 216 g/mol. The number of aromatic hydroxyl groups is 1. The molecule has 1 fully saturated rings. The predicted molar refractivity (Wildman–Crippen MR) is 66.0 cm³/mol. The van der Waals surface area contributed by atoms with E-state index in [0.717, 1.165) is 5.56 Å². The minimum atomic E-state index is 0.0182. The van der Waals surface area contributed by atoms with Crippen molar-refractivity contribution in [1.29, 1.82) is 0 Å². The van der Waals surface area contributed by atoms with Gasteiger partial charge >= 0.3 is 0 Å². The van der Waals surface area contributed by atoms with Gasteiger partial charge in [-0.05, 0) is 12.0 Å². The molecule has 90 valence electrons. The van der Waals surface area contributed by atoms with E-state index < -0.39 is 0 Å². The summed E-state index contributed by atoms with van der Waals surface area (Å²) in [5.74, 6) is 0.520. The molecule has 0 aliphatic carbocycles. The van der Waals surface area contributed by atoms with E-state index >= 15 is 0 Å². The van der Waals surface area contributed by atoms with Gasteiger partial charge in [0.05, 0.1) is 0 Å². The van der Waals surface area contributed by atoms with Gasteiger partial charge in [0.2, 0.25) is 5.91 Å². The van der Waals surface area contributed by atoms with Crippen LogP contribution in [0.5, 0.6) is 5.75 Å². The van der Waals surface area contributed by atoms with Gasteiger partial charge in [0, 0.05) is 18.0 Å². The lowest BCUT2D eigenvalue weighted by Crippen LogP contribution is -2.52. The van der Waals surface area contributed by atoms with Crippen LogP contribution in [0.25, 0.3) is 6.08 Å². The van der Waals surface area contributed by atoms with E-state index in [9.17, 15) is 9.90 Å². The Morgan fingerprint density at radius 2 is 2.18 bits per heavy atom. The van der Waals surface area contributed by atoms with Crippen LogP contribution in [0.15, 0.2) is 30.3 Å². The van der Waals surface area contributed by atoms with Crippen LogP contribution in [0.3, 0.4) is 0 Å². The minimum absolute atomic E-state index is 0.0182. The molecule has 4 nitrogen and oxygen atoms in total. The summed E-state index contributed by atoms with van der Waals surface area (Å²) in [7, 11) is 0. The normalized spacial score (nSPS) is 24.9. The number of hydrogen-bond donors (Lipinski definition) is 3. The average molecular weight is 232 g/mol. The van der Waals surface area contributed by atoms with Gasteiger partial charge in [-0.1, -0.05) is 37.3 Å². The number of hydrazine groups is 1. The first-order chi connectivity index (χ1) is 8.16. The zero-order valence-electron chi connectivity index (χ0n) is 9.68. The van der Waals surface area contributed by atoms with Crippen molar-refractivity contribution in [2.45, 2.75) is 19.4 Å². The Morgan fingerprint density at radius 1 is 1.41 bits per heavy atom. The quantitative estimate of drug-likeness (QED) is 0.723. The van der Waals surface area contributed by atoms with Crippen molar-refractivity contribution in [3.05, 3.63) is 35.9 Å². The summed E-state index contributed by atoms with van der Waals surface area (Å²) < 4.78 is 0. The van der Waals surface area contributed by atoms with E-state index in [4.69, 9.17) is 0 Å². The maximum Gasteiger partial charge on any atom is 0.234 e. The molecule has 4 heteroatoms. The number of hydrogen-bond acceptors (Lipinski definition) is 3. The van der Waals surface area contributed by atoms with Crippen molar-refractivity contribution >= 4 is 12.0 Å². The number of nitrogens with one attached hydrogen (secondary N) is 2. The molecule has 0 aromatic heterocycles. The van der Waals surface area contributed by atoms with Crippen molar-refractivity contribution in [2.75, 3.05) is 0 Å². The molecule has 0 saturated carbocycles. The molecule has 1 saturated heterocycles. The lowest BCUT2D eigenvalue weighted by Gasteiger charge is -2.27. The van der Waals surface area contributed by atoms with Crippen LogP contribution in [-0.2, 0) is 4.79 Å². The molecule has 1 heterocycles. The summed E-state index contributed by atoms with van der Waals surface area (Å²) in [6.45, 7) is 2.02. The van der Waals surface area contributed by atoms with E-state index in [0.29, 0.717) is 6.42 Å². The standard InChI is InChI=1S/C13H16N2O2/c1-9-8-13(17)15-14-11(9)7-6-10-4-2-3-5-12(10)16/h2-7,9,11,14,16H,8H2,1H3,(H,15,17)/b7-6+. The highest BCUT2D eigenvalue weighted by Crippen LogP contribution is 2.19. The molecule has 1 aliphatic rings. The summed E-state index contributed by atoms with van der Waals surface area (Å²) in [4.78, 5) is 11.1. The molecule has 17 heavy (non-hydrogen) atoms. The molecule has 1 aromatic carbocycles. The van der Waals surface area contributed by atoms with Crippen molar-refractivity contribution in [3.8, 4) is 5.75 Å². The van der Waals surface area contributed by atoms with Crippen molar-refractivity contribution < 1.29 is 9.90 Å². The molecule has 0 bridgehead atoms. The van der Waals surface area contributed by atoms with Crippen LogP contribution in [0.2, 0.25) is 0 Å². The fourth-order valence-corrected chi connectivity index (χ4v) is 1.85. The molecule has 1 aromatic rings. The number of amides is 1. The SMILES string of the molecule is CC1CC(=O)NNC1/C=C/c1ccccc1O. The van der Waals surface area contributed by atoms with Gasteiger partial charge in [0.25, 0.3) is 0 Å². The Bertz CT molecular complexity index is 443. The second-order valence-electron chi connectivity index (χ2n) is 4.32. The van der Waals surface area contributed by atoms with E-state index in [1.165, 1.54) is 0 Å². The van der Waals surface area contributed by atoms with Crippen LogP contribution in [0.4, 0.5) is 0 Å². The lowest BCUT2D eigenvalue weighted by molar-refractivity contribution is -0.125. The molecule has 3 N–H and O–H groups in total. The number of carbonyl (C=O) groups excluding carboxylic acids is 1. The highest BCUT2D eigenvalue weighted by atomic mass is 16.3. The van der Waals surface area contributed by atoms with Crippen LogP contribution in [0, 0.1) is 5.92 Å². The van der Waals surface area contributed by atoms with E-state index in [1.54, 1.807) is 12.1 Å².